The molecule has 1 aliphatic carbocycles. The summed E-state index contributed by atoms with van der Waals surface area (Å²) in [6, 6.07) is 13.8. The Morgan fingerprint density at radius 3 is 2.59 bits per heavy atom. The fourth-order valence-corrected chi connectivity index (χ4v) is 4.72. The predicted molar refractivity (Wildman–Crippen MR) is 128 cm³/mol. The molecule has 1 aliphatic heterocycles. The monoisotopic (exact) mass is 477 g/mol. The van der Waals surface area contributed by atoms with Crippen molar-refractivity contribution in [2.45, 2.75) is 44.6 Å². The van der Waals surface area contributed by atoms with Gasteiger partial charge in [0, 0.05) is 22.0 Å². The number of imide groups is 1. The summed E-state index contributed by atoms with van der Waals surface area (Å²) in [6.45, 7) is 1.63. The van der Waals surface area contributed by atoms with Gasteiger partial charge >= 0.3 is 6.03 Å². The van der Waals surface area contributed by atoms with Gasteiger partial charge in [-0.3, -0.25) is 14.9 Å². The van der Waals surface area contributed by atoms with Crippen molar-refractivity contribution in [1.29, 1.82) is 0 Å². The Morgan fingerprint density at radius 2 is 1.85 bits per heavy atom. The van der Waals surface area contributed by atoms with Crippen molar-refractivity contribution in [2.24, 2.45) is 0 Å². The molecule has 0 spiro atoms. The first-order chi connectivity index (χ1) is 16.3. The molecule has 1 atom stereocenters. The molecule has 0 radical (unpaired) electrons. The van der Waals surface area contributed by atoms with Gasteiger partial charge in [0.2, 0.25) is 0 Å². The second kappa shape index (κ2) is 8.61. The number of hydrogen-bond donors (Lipinski definition) is 3. The predicted octanol–water partition coefficient (Wildman–Crippen LogP) is 4.10. The van der Waals surface area contributed by atoms with Crippen molar-refractivity contribution in [1.82, 2.24) is 20.4 Å². The van der Waals surface area contributed by atoms with Crippen molar-refractivity contribution in [3.8, 4) is 5.69 Å². The van der Waals surface area contributed by atoms with Crippen molar-refractivity contribution in [2.75, 3.05) is 5.32 Å². The minimum Gasteiger partial charge on any atom is -0.321 e. The number of anilines is 1. The molecule has 34 heavy (non-hydrogen) atoms. The maximum atomic E-state index is 13.4. The molecule has 1 fully saturated rings. The lowest BCUT2D eigenvalue weighted by molar-refractivity contribution is -0.123. The van der Waals surface area contributed by atoms with Crippen LogP contribution in [0.2, 0.25) is 5.02 Å². The van der Waals surface area contributed by atoms with Gasteiger partial charge in [0.15, 0.2) is 5.69 Å². The smallest absolute Gasteiger partial charge is 0.321 e. The average Bonchev–Trinajstić information content (AvgIpc) is 3.18. The second-order valence-corrected chi connectivity index (χ2v) is 9.23. The molecule has 1 aromatic heterocycles. The summed E-state index contributed by atoms with van der Waals surface area (Å²) in [7, 11) is 0. The fourth-order valence-electron chi connectivity index (χ4n) is 4.60. The number of carbonyl (C=O) groups excluding carboxylic acids is 3. The number of amides is 4. The maximum absolute atomic E-state index is 13.4. The summed E-state index contributed by atoms with van der Waals surface area (Å²) in [5.74, 6) is -0.749. The van der Waals surface area contributed by atoms with Gasteiger partial charge in [0.1, 0.15) is 5.54 Å². The van der Waals surface area contributed by atoms with E-state index in [-0.39, 0.29) is 5.91 Å². The highest BCUT2D eigenvalue weighted by Gasteiger charge is 2.43. The van der Waals surface area contributed by atoms with Crippen LogP contribution in [0.25, 0.3) is 5.69 Å². The second-order valence-electron chi connectivity index (χ2n) is 8.79. The van der Waals surface area contributed by atoms with Crippen LogP contribution in [0.4, 0.5) is 10.5 Å². The third-order valence-electron chi connectivity index (χ3n) is 6.46. The molecular weight excluding hydrogens is 454 g/mol. The Hall–Kier alpha value is -3.65. The van der Waals surface area contributed by atoms with E-state index in [4.69, 9.17) is 16.7 Å². The number of carbonyl (C=O) groups is 3. The van der Waals surface area contributed by atoms with Crippen molar-refractivity contribution in [3.63, 3.8) is 0 Å². The van der Waals surface area contributed by atoms with Crippen molar-refractivity contribution in [3.05, 3.63) is 76.1 Å². The van der Waals surface area contributed by atoms with E-state index in [9.17, 15) is 14.4 Å². The maximum Gasteiger partial charge on any atom is 0.322 e. The Kier molecular flexibility index (Phi) is 5.61. The number of rotatable bonds is 4. The molecule has 0 saturated carbocycles. The number of aromatic nitrogens is 2. The molecular formula is C25H24ClN5O3. The lowest BCUT2D eigenvalue weighted by Gasteiger charge is -2.21. The number of halogens is 1. The lowest BCUT2D eigenvalue weighted by Crippen LogP contribution is -2.40. The van der Waals surface area contributed by atoms with Crippen LogP contribution in [0.15, 0.2) is 48.5 Å². The molecule has 0 bridgehead atoms. The van der Waals surface area contributed by atoms with Crippen LogP contribution in [0, 0.1) is 0 Å². The Morgan fingerprint density at radius 1 is 1.09 bits per heavy atom. The first-order valence-electron chi connectivity index (χ1n) is 11.3. The molecule has 1 unspecified atom stereocenters. The molecule has 1 saturated heterocycles. The molecule has 2 aliphatic rings. The van der Waals surface area contributed by atoms with Gasteiger partial charge in [-0.1, -0.05) is 30.2 Å². The molecule has 4 amide bonds. The van der Waals surface area contributed by atoms with E-state index in [2.05, 4.69) is 16.0 Å². The third kappa shape index (κ3) is 3.94. The van der Waals surface area contributed by atoms with Gasteiger partial charge < -0.3 is 10.6 Å². The van der Waals surface area contributed by atoms with Crippen LogP contribution < -0.4 is 16.0 Å². The summed E-state index contributed by atoms with van der Waals surface area (Å²) >= 11 is 6.06. The SMILES string of the molecule is CC1(c2cccc(NC(=O)c3nn(-c4ccc(Cl)cc4)c4c3CCCCC4)c2)NC(=O)NC1=O. The van der Waals surface area contributed by atoms with Gasteiger partial charge in [-0.2, -0.15) is 5.10 Å². The van der Waals surface area contributed by atoms with E-state index in [1.165, 1.54) is 0 Å². The van der Waals surface area contributed by atoms with Crippen LogP contribution in [0.3, 0.4) is 0 Å². The molecule has 2 aromatic carbocycles. The number of benzene rings is 2. The zero-order valence-corrected chi connectivity index (χ0v) is 19.4. The van der Waals surface area contributed by atoms with Gasteiger partial charge in [-0.05, 0) is 74.6 Å². The topological polar surface area (TPSA) is 105 Å². The summed E-state index contributed by atoms with van der Waals surface area (Å²) in [5, 5.41) is 13.2. The van der Waals surface area contributed by atoms with E-state index in [0.29, 0.717) is 22.0 Å². The quantitative estimate of drug-likeness (QED) is 0.388. The molecule has 174 valence electrons. The molecule has 8 nitrogen and oxygen atoms in total. The lowest BCUT2D eigenvalue weighted by atomic mass is 9.92. The van der Waals surface area contributed by atoms with E-state index in [0.717, 1.165) is 49.0 Å². The Bertz CT molecular complexity index is 1300. The third-order valence-corrected chi connectivity index (χ3v) is 6.71. The molecule has 9 heteroatoms. The standard InChI is InChI=1S/C25H24ClN5O3/c1-25(23(33)28-24(34)29-25)15-6-5-7-17(14-15)27-22(32)21-19-8-3-2-4-9-20(19)31(30-21)18-12-10-16(26)11-13-18/h5-7,10-14H,2-4,8-9H2,1H3,(H,27,32)(H2,28,29,33,34). The molecule has 2 heterocycles. The van der Waals surface area contributed by atoms with E-state index in [1.54, 1.807) is 31.2 Å². The molecule has 3 N–H and O–H groups in total. The highest BCUT2D eigenvalue weighted by atomic mass is 35.5. The number of nitrogens with one attached hydrogen (secondary N) is 3. The summed E-state index contributed by atoms with van der Waals surface area (Å²) < 4.78 is 1.85. The number of nitrogens with zero attached hydrogens (tertiary/aromatic N) is 2. The van der Waals surface area contributed by atoms with Crippen LogP contribution in [0.5, 0.6) is 0 Å². The summed E-state index contributed by atoms with van der Waals surface area (Å²) in [6.07, 6.45) is 4.78. The number of fused-ring (bicyclic) bond motifs is 1. The van der Waals surface area contributed by atoms with Gasteiger partial charge in [-0.25, -0.2) is 9.48 Å². The Labute approximate surface area is 201 Å². The largest absolute Gasteiger partial charge is 0.322 e. The van der Waals surface area contributed by atoms with Crippen LogP contribution >= 0.6 is 11.6 Å². The van der Waals surface area contributed by atoms with Crippen LogP contribution in [0.1, 0.15) is 53.5 Å². The Balaban J connectivity index is 1.47. The molecule has 5 rings (SSSR count). The van der Waals surface area contributed by atoms with Gasteiger partial charge in [0.25, 0.3) is 11.8 Å². The van der Waals surface area contributed by atoms with E-state index < -0.39 is 17.5 Å². The highest BCUT2D eigenvalue weighted by molar-refractivity contribution is 6.30. The highest BCUT2D eigenvalue weighted by Crippen LogP contribution is 2.29. The minimum absolute atomic E-state index is 0.312. The van der Waals surface area contributed by atoms with Crippen molar-refractivity contribution >= 4 is 35.1 Å². The fraction of sp³-hybridized carbons (Fsp3) is 0.280. The molecule has 3 aromatic rings. The first kappa shape index (κ1) is 22.2. The normalized spacial score (nSPS) is 19.7. The van der Waals surface area contributed by atoms with Crippen molar-refractivity contribution < 1.29 is 14.4 Å². The van der Waals surface area contributed by atoms with Gasteiger partial charge in [0.05, 0.1) is 5.69 Å². The minimum atomic E-state index is -1.20. The van der Waals surface area contributed by atoms with E-state index in [1.807, 2.05) is 28.9 Å². The number of urea groups is 1. The van der Waals surface area contributed by atoms with E-state index >= 15 is 0 Å². The van der Waals surface area contributed by atoms with Crippen LogP contribution in [-0.4, -0.2) is 27.6 Å². The average molecular weight is 478 g/mol. The van der Waals surface area contributed by atoms with Gasteiger partial charge in [-0.15, -0.1) is 0 Å². The van der Waals surface area contributed by atoms with Crippen LogP contribution in [-0.2, 0) is 23.2 Å². The zero-order valence-electron chi connectivity index (χ0n) is 18.7. The summed E-state index contributed by atoms with van der Waals surface area (Å²) in [5.41, 5.74) is 3.16. The zero-order chi connectivity index (χ0) is 23.9. The number of hydrogen-bond acceptors (Lipinski definition) is 4. The summed E-state index contributed by atoms with van der Waals surface area (Å²) in [4.78, 5) is 37.3. The first-order valence-corrected chi connectivity index (χ1v) is 11.6.